The van der Waals surface area contributed by atoms with Crippen LogP contribution in [0.4, 0.5) is 9.18 Å². The number of hydrogen-bond acceptors (Lipinski definition) is 3. The van der Waals surface area contributed by atoms with Gasteiger partial charge in [-0.25, -0.2) is 13.9 Å². The second-order valence-corrected chi connectivity index (χ2v) is 5.85. The average Bonchev–Trinajstić information content (AvgIpc) is 3.09. The molecule has 1 N–H and O–H groups in total. The van der Waals surface area contributed by atoms with Crippen molar-refractivity contribution in [1.82, 2.24) is 20.0 Å². The van der Waals surface area contributed by atoms with Gasteiger partial charge in [0.15, 0.2) is 0 Å². The van der Waals surface area contributed by atoms with E-state index in [4.69, 9.17) is 5.26 Å². The summed E-state index contributed by atoms with van der Waals surface area (Å²) >= 11 is 0. The number of nitrogens with zero attached hydrogens (tertiary/aromatic N) is 4. The maximum Gasteiger partial charge on any atom is 0.317 e. The van der Waals surface area contributed by atoms with Crippen LogP contribution in [0.15, 0.2) is 36.7 Å². The van der Waals surface area contributed by atoms with Gasteiger partial charge in [0.25, 0.3) is 0 Å². The molecule has 0 bridgehead atoms. The molecule has 2 amide bonds. The topological polar surface area (TPSA) is 74.0 Å². The second-order valence-electron chi connectivity index (χ2n) is 5.85. The van der Waals surface area contributed by atoms with Crippen LogP contribution in [-0.4, -0.2) is 33.8 Å². The highest BCUT2D eigenvalue weighted by molar-refractivity contribution is 5.74. The average molecular weight is 327 g/mol. The minimum Gasteiger partial charge on any atom is -0.334 e. The molecular formula is C17H18FN5O. The highest BCUT2D eigenvalue weighted by atomic mass is 19.1. The molecule has 1 aromatic heterocycles. The first-order chi connectivity index (χ1) is 11.7. The molecule has 124 valence electrons. The van der Waals surface area contributed by atoms with Gasteiger partial charge < -0.3 is 10.2 Å². The number of carbonyl (C=O) groups excluding carboxylic acids is 1. The van der Waals surface area contributed by atoms with Crippen molar-refractivity contribution < 1.29 is 9.18 Å². The number of likely N-dealkylation sites (tertiary alicyclic amines) is 1. The lowest BCUT2D eigenvalue weighted by molar-refractivity contribution is 0.176. The second kappa shape index (κ2) is 7.13. The molecule has 24 heavy (non-hydrogen) atoms. The molecule has 1 unspecified atom stereocenters. The molecule has 1 aliphatic heterocycles. The zero-order valence-electron chi connectivity index (χ0n) is 13.2. The van der Waals surface area contributed by atoms with Gasteiger partial charge in [0, 0.05) is 31.4 Å². The highest BCUT2D eigenvalue weighted by Crippen LogP contribution is 2.15. The number of urea groups is 1. The van der Waals surface area contributed by atoms with Crippen molar-refractivity contribution >= 4 is 6.03 Å². The molecule has 1 fully saturated rings. The summed E-state index contributed by atoms with van der Waals surface area (Å²) in [5.74, 6) is -0.407. The number of benzene rings is 1. The van der Waals surface area contributed by atoms with Gasteiger partial charge in [-0.15, -0.1) is 0 Å². The van der Waals surface area contributed by atoms with Crippen molar-refractivity contribution in [2.75, 3.05) is 13.1 Å². The van der Waals surface area contributed by atoms with Gasteiger partial charge in [0.1, 0.15) is 5.82 Å². The highest BCUT2D eigenvalue weighted by Gasteiger charge is 2.23. The normalized spacial score (nSPS) is 17.3. The van der Waals surface area contributed by atoms with Gasteiger partial charge in [0.05, 0.1) is 23.9 Å². The molecule has 0 spiro atoms. The molecule has 0 aliphatic carbocycles. The Balaban J connectivity index is 1.57. The molecule has 1 atom stereocenters. The third kappa shape index (κ3) is 3.71. The minimum absolute atomic E-state index is 0.0831. The first-order valence-electron chi connectivity index (χ1n) is 7.87. The lowest BCUT2D eigenvalue weighted by atomic mass is 10.0. The van der Waals surface area contributed by atoms with E-state index >= 15 is 0 Å². The lowest BCUT2D eigenvalue weighted by Gasteiger charge is -2.29. The number of halogens is 1. The van der Waals surface area contributed by atoms with Crippen molar-refractivity contribution in [3.05, 3.63) is 48.0 Å². The van der Waals surface area contributed by atoms with Crippen LogP contribution in [0.3, 0.4) is 0 Å². The van der Waals surface area contributed by atoms with Crippen LogP contribution >= 0.6 is 0 Å². The summed E-state index contributed by atoms with van der Waals surface area (Å²) in [6.45, 7) is 1.49. The summed E-state index contributed by atoms with van der Waals surface area (Å²) in [6.07, 6.45) is 5.09. The van der Waals surface area contributed by atoms with Crippen LogP contribution in [-0.2, 0) is 6.54 Å². The van der Waals surface area contributed by atoms with E-state index < -0.39 is 0 Å². The molecule has 1 aromatic carbocycles. The van der Waals surface area contributed by atoms with E-state index in [0.717, 1.165) is 18.4 Å². The van der Waals surface area contributed by atoms with E-state index in [1.807, 2.05) is 0 Å². The van der Waals surface area contributed by atoms with Gasteiger partial charge in [-0.1, -0.05) is 6.07 Å². The van der Waals surface area contributed by atoms with Gasteiger partial charge in [0.2, 0.25) is 0 Å². The quantitative estimate of drug-likeness (QED) is 0.941. The Hall–Kier alpha value is -2.88. The Kier molecular flexibility index (Phi) is 4.75. The van der Waals surface area contributed by atoms with E-state index in [2.05, 4.69) is 16.5 Å². The summed E-state index contributed by atoms with van der Waals surface area (Å²) in [5, 5.41) is 16.0. The molecule has 7 heteroatoms. The Bertz CT molecular complexity index is 766. The van der Waals surface area contributed by atoms with Crippen LogP contribution in [0.5, 0.6) is 0 Å². The molecular weight excluding hydrogens is 309 g/mol. The van der Waals surface area contributed by atoms with Crippen molar-refractivity contribution in [1.29, 1.82) is 5.26 Å². The van der Waals surface area contributed by atoms with E-state index in [0.29, 0.717) is 25.3 Å². The summed E-state index contributed by atoms with van der Waals surface area (Å²) in [7, 11) is 0. The smallest absolute Gasteiger partial charge is 0.317 e. The Morgan fingerprint density at radius 2 is 2.38 bits per heavy atom. The van der Waals surface area contributed by atoms with Crippen molar-refractivity contribution in [2.24, 2.45) is 5.92 Å². The Morgan fingerprint density at radius 1 is 1.50 bits per heavy atom. The van der Waals surface area contributed by atoms with Gasteiger partial charge in [-0.3, -0.25) is 0 Å². The van der Waals surface area contributed by atoms with Crippen molar-refractivity contribution in [3.63, 3.8) is 0 Å². The third-order valence-electron chi connectivity index (χ3n) is 4.04. The molecule has 6 nitrogen and oxygen atoms in total. The number of rotatable bonds is 3. The third-order valence-corrected chi connectivity index (χ3v) is 4.04. The fourth-order valence-electron chi connectivity index (χ4n) is 2.77. The van der Waals surface area contributed by atoms with E-state index in [9.17, 15) is 9.18 Å². The van der Waals surface area contributed by atoms with Crippen LogP contribution in [0.25, 0.3) is 5.69 Å². The number of hydrogen-bond donors (Lipinski definition) is 1. The Labute approximate surface area is 139 Å². The zero-order valence-corrected chi connectivity index (χ0v) is 13.2. The summed E-state index contributed by atoms with van der Waals surface area (Å²) < 4.78 is 14.8. The number of piperidine rings is 1. The molecule has 1 saturated heterocycles. The van der Waals surface area contributed by atoms with Gasteiger partial charge >= 0.3 is 6.03 Å². The first kappa shape index (κ1) is 16.0. The number of carbonyl (C=O) groups is 1. The fraction of sp³-hybridized carbons (Fsp3) is 0.353. The molecule has 0 radical (unpaired) electrons. The number of nitrogens with one attached hydrogen (secondary N) is 1. The summed E-state index contributed by atoms with van der Waals surface area (Å²) in [4.78, 5) is 13.9. The van der Waals surface area contributed by atoms with Crippen LogP contribution in [0, 0.1) is 23.1 Å². The van der Waals surface area contributed by atoms with Gasteiger partial charge in [-0.2, -0.15) is 10.4 Å². The Morgan fingerprint density at radius 3 is 3.17 bits per heavy atom. The number of amides is 2. The fourth-order valence-corrected chi connectivity index (χ4v) is 2.77. The maximum absolute atomic E-state index is 13.3. The predicted octanol–water partition coefficient (Wildman–Crippen LogP) is 2.46. The summed E-state index contributed by atoms with van der Waals surface area (Å²) in [5.41, 5.74) is 1.45. The lowest BCUT2D eigenvalue weighted by Crippen LogP contribution is -2.45. The number of aromatic nitrogens is 2. The monoisotopic (exact) mass is 327 g/mol. The molecule has 2 heterocycles. The summed E-state index contributed by atoms with van der Waals surface area (Å²) in [6, 6.07) is 8.20. The van der Waals surface area contributed by atoms with Crippen LogP contribution < -0.4 is 5.32 Å². The van der Waals surface area contributed by atoms with Crippen LogP contribution in [0.1, 0.15) is 18.4 Å². The number of nitriles is 1. The molecule has 2 aromatic rings. The largest absolute Gasteiger partial charge is 0.334 e. The molecule has 0 saturated carbocycles. The van der Waals surface area contributed by atoms with E-state index in [1.165, 1.54) is 12.1 Å². The van der Waals surface area contributed by atoms with E-state index in [-0.39, 0.29) is 17.8 Å². The maximum atomic E-state index is 13.3. The van der Waals surface area contributed by atoms with E-state index in [1.54, 1.807) is 34.1 Å². The predicted molar refractivity (Wildman–Crippen MR) is 85.7 cm³/mol. The van der Waals surface area contributed by atoms with Gasteiger partial charge in [-0.05, 0) is 31.0 Å². The SMILES string of the molecule is N#CC1CCCN(C(=O)NCc2cnn(-c3cccc(F)c3)c2)C1. The standard InChI is InChI=1S/C17H18FN5O/c18-15-4-1-5-16(7-15)23-12-14(10-21-23)9-20-17(24)22-6-2-3-13(8-19)11-22/h1,4-5,7,10,12-13H,2-3,6,9,11H2,(H,20,24). The van der Waals surface area contributed by atoms with Crippen molar-refractivity contribution in [3.8, 4) is 11.8 Å². The van der Waals surface area contributed by atoms with Crippen molar-refractivity contribution in [2.45, 2.75) is 19.4 Å². The van der Waals surface area contributed by atoms with Crippen LogP contribution in [0.2, 0.25) is 0 Å². The minimum atomic E-state index is -0.324. The molecule has 3 rings (SSSR count). The molecule has 1 aliphatic rings. The first-order valence-corrected chi connectivity index (χ1v) is 7.87. The zero-order chi connectivity index (χ0) is 16.9.